The Kier molecular flexibility index (Phi) is 7.05. The molecule has 0 aliphatic carbocycles. The molecule has 32 heavy (non-hydrogen) atoms. The van der Waals surface area contributed by atoms with E-state index in [4.69, 9.17) is 38.3 Å². The van der Waals surface area contributed by atoms with Crippen molar-refractivity contribution >= 4 is 52.5 Å². The number of phosphoric acid groups is 2. The summed E-state index contributed by atoms with van der Waals surface area (Å²) in [6.45, 7) is -0.946. The minimum absolute atomic E-state index is 0.00570. The number of aromatic nitrogens is 4. The normalized spacial score (nSPS) is 26.1. The topological polar surface area (TPSA) is 239 Å². The van der Waals surface area contributed by atoms with E-state index in [2.05, 4.69) is 34.0 Å². The lowest BCUT2D eigenvalue weighted by Gasteiger charge is -2.26. The van der Waals surface area contributed by atoms with Gasteiger partial charge in [-0.3, -0.25) is 14.0 Å². The van der Waals surface area contributed by atoms with Crippen LogP contribution in [0.5, 0.6) is 0 Å². The number of aliphatic hydroxyl groups is 1. The number of fused-ring (bicyclic) bond motifs is 1. The molecule has 0 bridgehead atoms. The molecular weight excluding hydrogens is 519 g/mol. The Bertz CT molecular complexity index is 1200. The molecule has 0 saturated carbocycles. The molecule has 3 heterocycles. The highest BCUT2D eigenvalue weighted by Gasteiger charge is 2.51. The summed E-state index contributed by atoms with van der Waals surface area (Å²) in [6, 6.07) is 0. The molecule has 1 aliphatic rings. The van der Waals surface area contributed by atoms with Crippen molar-refractivity contribution in [1.82, 2.24) is 19.5 Å². The summed E-state index contributed by atoms with van der Waals surface area (Å²) in [5.41, 5.74) is 4.12. The first-order chi connectivity index (χ1) is 14.8. The molecule has 174 valence electrons. The van der Waals surface area contributed by atoms with Gasteiger partial charge in [-0.1, -0.05) is 5.92 Å². The third-order valence-corrected chi connectivity index (χ3v) is 7.44. The Labute approximate surface area is 184 Å². The van der Waals surface area contributed by atoms with Gasteiger partial charge in [-0.25, -0.2) is 14.1 Å². The molecule has 5 atom stereocenters. The average molecular weight is 533 g/mol. The summed E-state index contributed by atoms with van der Waals surface area (Å²) in [7, 11) is -14.2. The quantitative estimate of drug-likeness (QED) is 0.178. The van der Waals surface area contributed by atoms with Crippen LogP contribution in [0.1, 0.15) is 12.6 Å². The van der Waals surface area contributed by atoms with E-state index in [0.29, 0.717) is 0 Å². The van der Waals surface area contributed by atoms with Crippen LogP contribution in [0.3, 0.4) is 0 Å². The lowest BCUT2D eigenvalue weighted by Crippen LogP contribution is -2.42. The van der Waals surface area contributed by atoms with E-state index in [-0.39, 0.29) is 28.7 Å². The van der Waals surface area contributed by atoms with Crippen molar-refractivity contribution in [1.29, 1.82) is 0 Å². The fourth-order valence-corrected chi connectivity index (χ4v) is 5.20. The van der Waals surface area contributed by atoms with Crippen LogP contribution in [0, 0.1) is 12.3 Å². The number of aliphatic hydroxyl groups excluding tert-OH is 1. The van der Waals surface area contributed by atoms with Crippen LogP contribution < -0.4 is 5.73 Å². The third-order valence-electron chi connectivity index (χ3n) is 4.07. The molecule has 16 nitrogen and oxygen atoms in total. The lowest BCUT2D eigenvalue weighted by atomic mass is 9.99. The standard InChI is InChI=1S/C12H13ClN5O11P3/c1-2-12(4-26-32(24,25)29-30(20)28-31(21,22)23)6(19)3-7(27-12)18-5-15-8-9(14)16-11(13)17-10(8)18/h1,5-7,19H,3-4H2,(H4-,14,16,17,21,22,23,24,25)/p+1/t6-,7+,12+/m0/s1. The number of halogens is 1. The van der Waals surface area contributed by atoms with Gasteiger partial charge in [0, 0.05) is 11.0 Å². The summed E-state index contributed by atoms with van der Waals surface area (Å²) >= 11 is 5.81. The number of anilines is 1. The van der Waals surface area contributed by atoms with E-state index < -0.39 is 48.4 Å². The molecule has 0 radical (unpaired) electrons. The maximum atomic E-state index is 11.9. The molecule has 6 N–H and O–H groups in total. The van der Waals surface area contributed by atoms with Gasteiger partial charge in [0.1, 0.15) is 24.5 Å². The Balaban J connectivity index is 1.76. The zero-order valence-electron chi connectivity index (χ0n) is 15.5. The molecule has 1 fully saturated rings. The van der Waals surface area contributed by atoms with Crippen molar-refractivity contribution in [2.24, 2.45) is 0 Å². The Morgan fingerprint density at radius 1 is 1.41 bits per heavy atom. The second kappa shape index (κ2) is 9.00. The number of hydrogen-bond donors (Lipinski definition) is 5. The summed E-state index contributed by atoms with van der Waals surface area (Å²) in [5.74, 6) is 2.12. The summed E-state index contributed by atoms with van der Waals surface area (Å²) < 4.78 is 53.1. The largest absolute Gasteiger partial charge is 0.719 e. The van der Waals surface area contributed by atoms with Gasteiger partial charge in [0.05, 0.1) is 6.33 Å². The number of hydrogen-bond acceptors (Lipinski definition) is 12. The number of terminal acetylenes is 1. The highest BCUT2D eigenvalue weighted by atomic mass is 35.5. The number of imidazole rings is 1. The van der Waals surface area contributed by atoms with Crippen molar-refractivity contribution in [2.75, 3.05) is 12.3 Å². The second-order valence-corrected chi connectivity index (χ2v) is 10.4. The van der Waals surface area contributed by atoms with Gasteiger partial charge in [0.15, 0.2) is 17.1 Å². The van der Waals surface area contributed by atoms with Gasteiger partial charge < -0.3 is 25.4 Å². The molecule has 0 aromatic carbocycles. The first-order valence-electron chi connectivity index (χ1n) is 8.14. The molecule has 0 spiro atoms. The van der Waals surface area contributed by atoms with E-state index >= 15 is 0 Å². The maximum absolute atomic E-state index is 11.9. The van der Waals surface area contributed by atoms with Gasteiger partial charge in [-0.05, 0) is 20.2 Å². The third kappa shape index (κ3) is 5.49. The fraction of sp³-hybridized carbons (Fsp3) is 0.417. The molecule has 1 saturated heterocycles. The van der Waals surface area contributed by atoms with Crippen LogP contribution in [-0.4, -0.2) is 57.6 Å². The van der Waals surface area contributed by atoms with Crippen molar-refractivity contribution in [3.8, 4) is 12.3 Å². The SMILES string of the molecule is C#C[C@]1(COP(=O)(O)O[P+](=O)OP(=O)(O)O)O[C@@H](n2cnc3c(N)nc(Cl)nc32)C[C@@H]1O. The molecule has 2 aromatic rings. The minimum Gasteiger partial charge on any atom is -0.389 e. The number of ether oxygens (including phenoxy) is 1. The fourth-order valence-electron chi connectivity index (χ4n) is 2.73. The monoisotopic (exact) mass is 532 g/mol. The van der Waals surface area contributed by atoms with Crippen molar-refractivity contribution in [2.45, 2.75) is 24.4 Å². The van der Waals surface area contributed by atoms with Crippen molar-refractivity contribution < 1.29 is 51.4 Å². The predicted molar refractivity (Wildman–Crippen MR) is 105 cm³/mol. The van der Waals surface area contributed by atoms with Crippen LogP contribution in [0.2, 0.25) is 5.28 Å². The molecule has 2 unspecified atom stereocenters. The van der Waals surface area contributed by atoms with Gasteiger partial charge in [-0.2, -0.15) is 9.97 Å². The number of phosphoric ester groups is 1. The predicted octanol–water partition coefficient (Wildman–Crippen LogP) is 0.614. The van der Waals surface area contributed by atoms with Gasteiger partial charge in [0.2, 0.25) is 5.28 Å². The zero-order chi connectivity index (χ0) is 23.9. The summed E-state index contributed by atoms with van der Waals surface area (Å²) in [5, 5.41) is 10.3. The van der Waals surface area contributed by atoms with E-state index in [0.717, 1.165) is 0 Å². The number of nitrogens with two attached hydrogens (primary N) is 1. The Morgan fingerprint density at radius 2 is 2.09 bits per heavy atom. The smallest absolute Gasteiger partial charge is 0.389 e. The molecular formula is C12H14ClN5O11P3+. The highest BCUT2D eigenvalue weighted by molar-refractivity contribution is 7.61. The highest BCUT2D eigenvalue weighted by Crippen LogP contribution is 2.58. The van der Waals surface area contributed by atoms with E-state index in [1.54, 1.807) is 0 Å². The zero-order valence-corrected chi connectivity index (χ0v) is 18.9. The minimum atomic E-state index is -5.27. The number of nitrogens with zero attached hydrogens (tertiary/aromatic N) is 4. The van der Waals surface area contributed by atoms with E-state index in [1.807, 2.05) is 0 Å². The van der Waals surface area contributed by atoms with Gasteiger partial charge in [-0.15, -0.1) is 6.42 Å². The van der Waals surface area contributed by atoms with Crippen LogP contribution in [-0.2, 0) is 31.6 Å². The Morgan fingerprint density at radius 3 is 2.72 bits per heavy atom. The molecule has 3 rings (SSSR count). The molecule has 20 heteroatoms. The first-order valence-corrected chi connectivity index (χ1v) is 12.6. The van der Waals surface area contributed by atoms with Crippen LogP contribution in [0.4, 0.5) is 5.82 Å². The maximum Gasteiger partial charge on any atom is 0.719 e. The number of rotatable bonds is 8. The lowest BCUT2D eigenvalue weighted by molar-refractivity contribution is -0.0872. The summed E-state index contributed by atoms with van der Waals surface area (Å²) in [6.07, 6.45) is 4.15. The molecule has 2 aromatic heterocycles. The van der Waals surface area contributed by atoms with E-state index in [9.17, 15) is 23.7 Å². The van der Waals surface area contributed by atoms with Crippen LogP contribution in [0.25, 0.3) is 11.2 Å². The van der Waals surface area contributed by atoms with Crippen LogP contribution in [0.15, 0.2) is 6.33 Å². The van der Waals surface area contributed by atoms with Gasteiger partial charge in [0.25, 0.3) is 0 Å². The Hall–Kier alpha value is -1.56. The molecule has 1 aliphatic heterocycles. The van der Waals surface area contributed by atoms with Gasteiger partial charge >= 0.3 is 23.9 Å². The summed E-state index contributed by atoms with van der Waals surface area (Å²) in [4.78, 5) is 38.5. The second-order valence-electron chi connectivity index (χ2n) is 6.18. The van der Waals surface area contributed by atoms with E-state index in [1.165, 1.54) is 10.9 Å². The van der Waals surface area contributed by atoms with Crippen molar-refractivity contribution in [3.05, 3.63) is 11.6 Å². The van der Waals surface area contributed by atoms with Crippen molar-refractivity contribution in [3.63, 3.8) is 0 Å². The molecule has 0 amide bonds. The number of nitrogen functional groups attached to an aromatic ring is 1. The average Bonchev–Trinajstić information content (AvgIpc) is 3.19. The van der Waals surface area contributed by atoms with Crippen LogP contribution >= 0.6 is 35.5 Å². The first kappa shape index (κ1) is 25.1.